The third-order valence-electron chi connectivity index (χ3n) is 6.49. The Balaban J connectivity index is 1.46. The molecule has 2 aliphatic rings. The smallest absolute Gasteiger partial charge is 0.148 e. The van der Waals surface area contributed by atoms with Gasteiger partial charge in [0.15, 0.2) is 0 Å². The van der Waals surface area contributed by atoms with Gasteiger partial charge in [-0.2, -0.15) is 10.2 Å². The van der Waals surface area contributed by atoms with Gasteiger partial charge >= 0.3 is 0 Å². The van der Waals surface area contributed by atoms with Crippen LogP contribution in [0.25, 0.3) is 16.7 Å². The maximum absolute atomic E-state index is 10.5. The van der Waals surface area contributed by atoms with Crippen LogP contribution in [-0.2, 0) is 0 Å². The first-order valence-corrected chi connectivity index (χ1v) is 10.4. The summed E-state index contributed by atoms with van der Waals surface area (Å²) < 4.78 is 0. The summed E-state index contributed by atoms with van der Waals surface area (Å²) in [6.45, 7) is 6.42. The number of hydrogen-bond donors (Lipinski definition) is 4. The van der Waals surface area contributed by atoms with Crippen molar-refractivity contribution < 1.29 is 5.11 Å². The van der Waals surface area contributed by atoms with Gasteiger partial charge in [-0.05, 0) is 55.9 Å². The van der Waals surface area contributed by atoms with Gasteiger partial charge < -0.3 is 21.2 Å². The van der Waals surface area contributed by atoms with Crippen LogP contribution >= 0.6 is 0 Å². The minimum Gasteiger partial charge on any atom is -0.507 e. The summed E-state index contributed by atoms with van der Waals surface area (Å²) in [5.41, 5.74) is 3.38. The van der Waals surface area contributed by atoms with Crippen LogP contribution in [-0.4, -0.2) is 50.7 Å². The monoisotopic (exact) mass is 406 g/mol. The number of allylic oxidation sites excluding steroid dienone is 2. The van der Waals surface area contributed by atoms with Gasteiger partial charge in [0, 0.05) is 42.0 Å². The highest BCUT2D eigenvalue weighted by Gasteiger charge is 2.43. The van der Waals surface area contributed by atoms with Crippen LogP contribution < -0.4 is 11.2 Å². The predicted octanol–water partition coefficient (Wildman–Crippen LogP) is 3.23. The Morgan fingerprint density at radius 3 is 2.90 bits per heavy atom. The SMILES string of the molecule is C=C(/C=C\C(=N/N)N(C)[C@H]1CC2CCC(C)(C1)N2)c1ccc(-c2cn[nH]c2)cc1O. The third kappa shape index (κ3) is 3.98. The topological polar surface area (TPSA) is 103 Å². The maximum Gasteiger partial charge on any atom is 0.148 e. The van der Waals surface area contributed by atoms with E-state index in [0.29, 0.717) is 29.1 Å². The van der Waals surface area contributed by atoms with Crippen LogP contribution in [0, 0.1) is 0 Å². The van der Waals surface area contributed by atoms with E-state index < -0.39 is 0 Å². The van der Waals surface area contributed by atoms with E-state index >= 15 is 0 Å². The van der Waals surface area contributed by atoms with Crippen molar-refractivity contribution in [1.82, 2.24) is 20.4 Å². The molecule has 1 aromatic carbocycles. The molecule has 2 bridgehead atoms. The largest absolute Gasteiger partial charge is 0.507 e. The van der Waals surface area contributed by atoms with E-state index in [-0.39, 0.29) is 11.3 Å². The van der Waals surface area contributed by atoms with Gasteiger partial charge in [0.1, 0.15) is 11.6 Å². The number of nitrogens with one attached hydrogen (secondary N) is 2. The van der Waals surface area contributed by atoms with Crippen molar-refractivity contribution in [3.63, 3.8) is 0 Å². The molecule has 7 nitrogen and oxygen atoms in total. The first kappa shape index (κ1) is 20.2. The Morgan fingerprint density at radius 2 is 2.23 bits per heavy atom. The molecule has 2 unspecified atom stereocenters. The van der Waals surface area contributed by atoms with Crippen molar-refractivity contribution in [2.24, 2.45) is 10.9 Å². The number of amidine groups is 1. The Morgan fingerprint density at radius 1 is 1.40 bits per heavy atom. The molecule has 3 atom stereocenters. The number of aromatic amines is 1. The molecule has 2 fully saturated rings. The van der Waals surface area contributed by atoms with E-state index in [9.17, 15) is 5.11 Å². The van der Waals surface area contributed by atoms with Crippen molar-refractivity contribution in [2.75, 3.05) is 7.05 Å². The number of phenolic OH excluding ortho intramolecular Hbond substituents is 1. The van der Waals surface area contributed by atoms with E-state index in [1.807, 2.05) is 24.3 Å². The number of benzene rings is 1. The molecule has 3 heterocycles. The van der Waals surface area contributed by atoms with Crippen LogP contribution in [0.4, 0.5) is 0 Å². The molecule has 30 heavy (non-hydrogen) atoms. The number of fused-ring (bicyclic) bond motifs is 2. The number of aromatic nitrogens is 2. The third-order valence-corrected chi connectivity index (χ3v) is 6.49. The van der Waals surface area contributed by atoms with Gasteiger partial charge in [0.2, 0.25) is 0 Å². The molecule has 1 aromatic heterocycles. The predicted molar refractivity (Wildman–Crippen MR) is 121 cm³/mol. The van der Waals surface area contributed by atoms with Gasteiger partial charge in [-0.3, -0.25) is 5.10 Å². The van der Waals surface area contributed by atoms with Crippen LogP contribution in [0.5, 0.6) is 5.75 Å². The number of likely N-dealkylation sites (N-methyl/N-ethyl adjacent to an activating group) is 1. The van der Waals surface area contributed by atoms with Crippen molar-refractivity contribution in [2.45, 2.75) is 50.2 Å². The lowest BCUT2D eigenvalue weighted by Gasteiger charge is -2.41. The van der Waals surface area contributed by atoms with E-state index in [4.69, 9.17) is 5.84 Å². The van der Waals surface area contributed by atoms with Crippen molar-refractivity contribution >= 4 is 11.4 Å². The first-order chi connectivity index (χ1) is 14.4. The molecule has 0 spiro atoms. The van der Waals surface area contributed by atoms with Gasteiger partial charge in [0.25, 0.3) is 0 Å². The molecule has 0 saturated carbocycles. The number of nitrogens with two attached hydrogens (primary N) is 1. The maximum atomic E-state index is 10.5. The normalized spacial score (nSPS) is 26.3. The summed E-state index contributed by atoms with van der Waals surface area (Å²) in [5, 5.41) is 25.0. The Labute approximate surface area is 177 Å². The highest BCUT2D eigenvalue weighted by atomic mass is 16.3. The summed E-state index contributed by atoms with van der Waals surface area (Å²) >= 11 is 0. The average Bonchev–Trinajstić information content (AvgIpc) is 3.35. The lowest BCUT2D eigenvalue weighted by atomic mass is 9.88. The summed E-state index contributed by atoms with van der Waals surface area (Å²) in [5.74, 6) is 6.60. The van der Waals surface area contributed by atoms with Crippen LogP contribution in [0.1, 0.15) is 38.2 Å². The summed E-state index contributed by atoms with van der Waals surface area (Å²) in [6, 6.07) is 6.48. The number of rotatable bonds is 5. The highest BCUT2D eigenvalue weighted by molar-refractivity contribution is 5.95. The van der Waals surface area contributed by atoms with E-state index in [1.165, 1.54) is 12.8 Å². The van der Waals surface area contributed by atoms with Gasteiger partial charge in [0.05, 0.1) is 6.20 Å². The molecule has 158 valence electrons. The number of nitrogens with zero attached hydrogens (tertiary/aromatic N) is 3. The fourth-order valence-electron chi connectivity index (χ4n) is 4.79. The Kier molecular flexibility index (Phi) is 5.39. The molecule has 7 heteroatoms. The Bertz CT molecular complexity index is 980. The second-order valence-electron chi connectivity index (χ2n) is 8.71. The first-order valence-electron chi connectivity index (χ1n) is 10.4. The zero-order valence-electron chi connectivity index (χ0n) is 17.6. The number of hydrazone groups is 1. The number of H-pyrrole nitrogens is 1. The lowest BCUT2D eigenvalue weighted by Crippen LogP contribution is -2.54. The van der Waals surface area contributed by atoms with Crippen LogP contribution in [0.3, 0.4) is 0 Å². The quantitative estimate of drug-likeness (QED) is 0.201. The number of phenols is 1. The fourth-order valence-corrected chi connectivity index (χ4v) is 4.79. The van der Waals surface area contributed by atoms with Crippen LogP contribution in [0.15, 0.2) is 54.4 Å². The van der Waals surface area contributed by atoms with Crippen LogP contribution in [0.2, 0.25) is 0 Å². The van der Waals surface area contributed by atoms with Crippen molar-refractivity contribution in [1.29, 1.82) is 0 Å². The van der Waals surface area contributed by atoms with Crippen molar-refractivity contribution in [3.05, 3.63) is 54.9 Å². The van der Waals surface area contributed by atoms with E-state index in [0.717, 1.165) is 24.0 Å². The highest BCUT2D eigenvalue weighted by Crippen LogP contribution is 2.37. The molecule has 0 aliphatic carbocycles. The summed E-state index contributed by atoms with van der Waals surface area (Å²) in [7, 11) is 2.05. The number of piperidine rings is 1. The second-order valence-corrected chi connectivity index (χ2v) is 8.71. The molecule has 0 amide bonds. The number of aromatic hydroxyl groups is 1. The molecule has 5 N–H and O–H groups in total. The van der Waals surface area contributed by atoms with E-state index in [1.54, 1.807) is 18.5 Å². The van der Waals surface area contributed by atoms with E-state index in [2.05, 4.69) is 46.1 Å². The zero-order chi connectivity index (χ0) is 21.3. The molecule has 0 radical (unpaired) electrons. The zero-order valence-corrected chi connectivity index (χ0v) is 17.6. The van der Waals surface area contributed by atoms with Crippen molar-refractivity contribution in [3.8, 4) is 16.9 Å². The molecular weight excluding hydrogens is 376 g/mol. The van der Waals surface area contributed by atoms with Gasteiger partial charge in [-0.25, -0.2) is 0 Å². The summed E-state index contributed by atoms with van der Waals surface area (Å²) in [4.78, 5) is 2.17. The standard InChI is InChI=1S/C23H30N6O/c1-15(20-6-5-16(10-21(20)30)17-13-25-26-14-17)4-7-22(28-24)29(3)19-11-18-8-9-23(2,12-19)27-18/h4-7,10,13-14,18-19,27,30H,1,8-9,11-12,24H2,2-3H3,(H,25,26)/b7-4-,28-22+/t18?,19-,23?/m0/s1. The summed E-state index contributed by atoms with van der Waals surface area (Å²) in [6.07, 6.45) is 11.9. The average molecular weight is 407 g/mol. The molecule has 2 aromatic rings. The molecule has 2 saturated heterocycles. The van der Waals surface area contributed by atoms with Gasteiger partial charge in [-0.1, -0.05) is 24.8 Å². The molecular formula is C23H30N6O. The minimum absolute atomic E-state index is 0.172. The fraction of sp³-hybridized carbons (Fsp3) is 0.391. The van der Waals surface area contributed by atoms with Gasteiger partial charge in [-0.15, -0.1) is 0 Å². The Hall–Kier alpha value is -3.06. The molecule has 2 aliphatic heterocycles. The second kappa shape index (κ2) is 7.99. The lowest BCUT2D eigenvalue weighted by molar-refractivity contribution is 0.193. The molecule has 4 rings (SSSR count). The number of hydrogen-bond acceptors (Lipinski definition) is 5. The minimum atomic E-state index is 0.172.